The molecule has 116 valence electrons. The molecule has 22 heavy (non-hydrogen) atoms. The van der Waals surface area contributed by atoms with Crippen LogP contribution in [0.5, 0.6) is 0 Å². The lowest BCUT2D eigenvalue weighted by Crippen LogP contribution is -2.50. The van der Waals surface area contributed by atoms with Crippen molar-refractivity contribution in [3.63, 3.8) is 0 Å². The fourth-order valence-corrected chi connectivity index (χ4v) is 2.35. The number of carbonyl (C=O) groups is 2. The number of benzene rings is 1. The highest BCUT2D eigenvalue weighted by molar-refractivity contribution is 5.94. The second-order valence-corrected chi connectivity index (χ2v) is 5.01. The first-order chi connectivity index (χ1) is 10.7. The zero-order valence-electron chi connectivity index (χ0n) is 12.6. The molecule has 1 aromatic rings. The number of hydrogen-bond donors (Lipinski definition) is 0. The zero-order chi connectivity index (χ0) is 15.9. The molecule has 0 aliphatic carbocycles. The summed E-state index contributed by atoms with van der Waals surface area (Å²) >= 11 is 0. The summed E-state index contributed by atoms with van der Waals surface area (Å²) in [6.45, 7) is 4.09. The van der Waals surface area contributed by atoms with Crippen LogP contribution in [0.1, 0.15) is 22.8 Å². The monoisotopic (exact) mass is 301 g/mol. The Bertz CT molecular complexity index is 569. The second-order valence-electron chi connectivity index (χ2n) is 5.01. The Labute approximate surface area is 129 Å². The van der Waals surface area contributed by atoms with E-state index < -0.39 is 0 Å². The minimum atomic E-state index is -0.324. The van der Waals surface area contributed by atoms with E-state index in [1.165, 1.54) is 0 Å². The minimum absolute atomic E-state index is 0.0491. The summed E-state index contributed by atoms with van der Waals surface area (Å²) in [5.74, 6) is -0.0491. The van der Waals surface area contributed by atoms with Gasteiger partial charge in [0.25, 0.3) is 5.91 Å². The Kier molecular flexibility index (Phi) is 5.37. The Morgan fingerprint density at radius 2 is 1.73 bits per heavy atom. The van der Waals surface area contributed by atoms with E-state index in [2.05, 4.69) is 6.07 Å². The smallest absolute Gasteiger partial charge is 0.409 e. The summed E-state index contributed by atoms with van der Waals surface area (Å²) in [6, 6.07) is 9.16. The lowest BCUT2D eigenvalue weighted by Gasteiger charge is -2.34. The van der Waals surface area contributed by atoms with Crippen LogP contribution < -0.4 is 0 Å². The number of piperazine rings is 1. The van der Waals surface area contributed by atoms with Gasteiger partial charge in [0.2, 0.25) is 0 Å². The van der Waals surface area contributed by atoms with Crippen LogP contribution in [0.25, 0.3) is 0 Å². The molecule has 6 heteroatoms. The van der Waals surface area contributed by atoms with Crippen LogP contribution in [-0.4, -0.2) is 54.6 Å². The molecule has 1 saturated heterocycles. The minimum Gasteiger partial charge on any atom is -0.450 e. The molecule has 0 aromatic heterocycles. The van der Waals surface area contributed by atoms with Gasteiger partial charge in [-0.3, -0.25) is 4.79 Å². The number of hydrogen-bond acceptors (Lipinski definition) is 4. The first kappa shape index (κ1) is 15.8. The molecule has 1 heterocycles. The van der Waals surface area contributed by atoms with Crippen molar-refractivity contribution in [2.45, 2.75) is 13.3 Å². The molecule has 0 spiro atoms. The van der Waals surface area contributed by atoms with E-state index >= 15 is 0 Å². The normalized spacial score (nSPS) is 14.4. The number of rotatable bonds is 3. The van der Waals surface area contributed by atoms with Gasteiger partial charge in [0.15, 0.2) is 0 Å². The third-order valence-electron chi connectivity index (χ3n) is 3.58. The molecule has 1 aliphatic heterocycles. The van der Waals surface area contributed by atoms with Crippen molar-refractivity contribution in [3.05, 3.63) is 35.4 Å². The predicted octanol–water partition coefficient (Wildman–Crippen LogP) is 1.67. The summed E-state index contributed by atoms with van der Waals surface area (Å²) < 4.78 is 4.96. The maximum absolute atomic E-state index is 12.4. The van der Waals surface area contributed by atoms with Gasteiger partial charge < -0.3 is 14.5 Å². The van der Waals surface area contributed by atoms with Gasteiger partial charge in [-0.1, -0.05) is 12.1 Å². The number of amides is 2. The maximum atomic E-state index is 12.4. The number of nitrogens with zero attached hydrogens (tertiary/aromatic N) is 3. The van der Waals surface area contributed by atoms with Crippen molar-refractivity contribution < 1.29 is 14.3 Å². The largest absolute Gasteiger partial charge is 0.450 e. The lowest BCUT2D eigenvalue weighted by atomic mass is 10.1. The number of ether oxygens (including phenoxy) is 1. The van der Waals surface area contributed by atoms with Gasteiger partial charge in [-0.2, -0.15) is 5.26 Å². The highest BCUT2D eigenvalue weighted by Gasteiger charge is 2.25. The van der Waals surface area contributed by atoms with E-state index in [0.29, 0.717) is 44.8 Å². The standard InChI is InChI=1S/C16H19N3O3/c1-2-22-16(21)19-11-9-18(10-12-19)15(20)14-5-3-13(4-6-14)7-8-17/h3-6H,2,7,9-12H2,1H3. The second kappa shape index (κ2) is 7.46. The van der Waals surface area contributed by atoms with Gasteiger partial charge in [-0.25, -0.2) is 4.79 Å². The van der Waals surface area contributed by atoms with E-state index in [1.54, 1.807) is 41.0 Å². The predicted molar refractivity (Wildman–Crippen MR) is 80.3 cm³/mol. The highest BCUT2D eigenvalue weighted by Crippen LogP contribution is 2.11. The zero-order valence-corrected chi connectivity index (χ0v) is 12.6. The molecular weight excluding hydrogens is 282 g/mol. The molecule has 6 nitrogen and oxygen atoms in total. The lowest BCUT2D eigenvalue weighted by molar-refractivity contribution is 0.0570. The van der Waals surface area contributed by atoms with Gasteiger partial charge >= 0.3 is 6.09 Å². The Morgan fingerprint density at radius 1 is 1.14 bits per heavy atom. The first-order valence-corrected chi connectivity index (χ1v) is 7.32. The van der Waals surface area contributed by atoms with Crippen molar-refractivity contribution >= 4 is 12.0 Å². The fourth-order valence-electron chi connectivity index (χ4n) is 2.35. The summed E-state index contributed by atoms with van der Waals surface area (Å²) in [5.41, 5.74) is 1.50. The van der Waals surface area contributed by atoms with E-state index in [0.717, 1.165) is 5.56 Å². The molecule has 1 aromatic carbocycles. The van der Waals surface area contributed by atoms with Crippen LogP contribution >= 0.6 is 0 Å². The molecule has 0 atom stereocenters. The van der Waals surface area contributed by atoms with Crippen LogP contribution in [0.15, 0.2) is 24.3 Å². The van der Waals surface area contributed by atoms with Crippen molar-refractivity contribution in [1.29, 1.82) is 5.26 Å². The van der Waals surface area contributed by atoms with Crippen molar-refractivity contribution in [2.24, 2.45) is 0 Å². The molecule has 2 rings (SSSR count). The van der Waals surface area contributed by atoms with Crippen LogP contribution in [0, 0.1) is 11.3 Å². The van der Waals surface area contributed by atoms with Gasteiger partial charge in [0.1, 0.15) is 0 Å². The molecule has 0 bridgehead atoms. The fraction of sp³-hybridized carbons (Fsp3) is 0.438. The van der Waals surface area contributed by atoms with Crippen LogP contribution in [0.4, 0.5) is 4.79 Å². The van der Waals surface area contributed by atoms with E-state index in [9.17, 15) is 9.59 Å². The summed E-state index contributed by atoms with van der Waals surface area (Å²) in [6.07, 6.45) is 0.0163. The van der Waals surface area contributed by atoms with Crippen LogP contribution in [-0.2, 0) is 11.2 Å². The maximum Gasteiger partial charge on any atom is 0.409 e. The van der Waals surface area contributed by atoms with Gasteiger partial charge in [-0.05, 0) is 24.6 Å². The third kappa shape index (κ3) is 3.76. The van der Waals surface area contributed by atoms with Gasteiger partial charge in [-0.15, -0.1) is 0 Å². The molecule has 0 saturated carbocycles. The molecule has 0 unspecified atom stereocenters. The highest BCUT2D eigenvalue weighted by atomic mass is 16.6. The average molecular weight is 301 g/mol. The van der Waals surface area contributed by atoms with E-state index in [-0.39, 0.29) is 12.0 Å². The van der Waals surface area contributed by atoms with E-state index in [4.69, 9.17) is 10.00 Å². The molecule has 1 aliphatic rings. The van der Waals surface area contributed by atoms with Crippen molar-refractivity contribution in [1.82, 2.24) is 9.80 Å². The molecular formula is C16H19N3O3. The number of carbonyl (C=O) groups excluding carboxylic acids is 2. The summed E-state index contributed by atoms with van der Waals surface area (Å²) in [7, 11) is 0. The van der Waals surface area contributed by atoms with Crippen molar-refractivity contribution in [3.8, 4) is 6.07 Å². The molecule has 1 fully saturated rings. The van der Waals surface area contributed by atoms with Crippen molar-refractivity contribution in [2.75, 3.05) is 32.8 Å². The van der Waals surface area contributed by atoms with Gasteiger partial charge in [0, 0.05) is 31.7 Å². The Balaban J connectivity index is 1.92. The Hall–Kier alpha value is -2.55. The van der Waals surface area contributed by atoms with E-state index in [1.807, 2.05) is 0 Å². The third-order valence-corrected chi connectivity index (χ3v) is 3.58. The average Bonchev–Trinajstić information content (AvgIpc) is 2.55. The molecule has 0 radical (unpaired) electrons. The summed E-state index contributed by atoms with van der Waals surface area (Å²) in [5, 5.41) is 8.64. The first-order valence-electron chi connectivity index (χ1n) is 7.32. The Morgan fingerprint density at radius 3 is 2.27 bits per heavy atom. The topological polar surface area (TPSA) is 73.6 Å². The number of nitriles is 1. The summed E-state index contributed by atoms with van der Waals surface area (Å²) in [4.78, 5) is 27.4. The van der Waals surface area contributed by atoms with Gasteiger partial charge in [0.05, 0.1) is 19.1 Å². The van der Waals surface area contributed by atoms with Crippen LogP contribution in [0.2, 0.25) is 0 Å². The van der Waals surface area contributed by atoms with Crippen LogP contribution in [0.3, 0.4) is 0 Å². The molecule has 2 amide bonds. The molecule has 0 N–H and O–H groups in total. The quantitative estimate of drug-likeness (QED) is 0.851. The SMILES string of the molecule is CCOC(=O)N1CCN(C(=O)c2ccc(CC#N)cc2)CC1.